The van der Waals surface area contributed by atoms with E-state index in [2.05, 4.69) is 28.2 Å². The van der Waals surface area contributed by atoms with Crippen molar-refractivity contribution in [2.24, 2.45) is 0 Å². The molecular formula is C15H22BrNO3. The second-order valence-corrected chi connectivity index (χ2v) is 7.21. The molecule has 1 aromatic rings. The number of benzene rings is 1. The van der Waals surface area contributed by atoms with E-state index < -0.39 is 11.7 Å². The second-order valence-electron chi connectivity index (χ2n) is 5.65. The smallest absolute Gasteiger partial charge is 0.412 e. The first-order chi connectivity index (χ1) is 9.21. The van der Waals surface area contributed by atoms with E-state index >= 15 is 0 Å². The topological polar surface area (TPSA) is 47.6 Å². The van der Waals surface area contributed by atoms with E-state index in [-0.39, 0.29) is 0 Å². The largest absolute Gasteiger partial charge is 0.495 e. The highest BCUT2D eigenvalue weighted by Gasteiger charge is 2.17. The summed E-state index contributed by atoms with van der Waals surface area (Å²) in [6.07, 6.45) is 0.403. The number of nitrogens with one attached hydrogen (secondary N) is 1. The fourth-order valence-electron chi connectivity index (χ4n) is 1.70. The molecule has 1 unspecified atom stereocenters. The third kappa shape index (κ3) is 5.82. The van der Waals surface area contributed by atoms with Crippen LogP contribution in [0.5, 0.6) is 5.75 Å². The molecule has 0 bridgehead atoms. The molecule has 20 heavy (non-hydrogen) atoms. The normalized spacial score (nSPS) is 12.7. The van der Waals surface area contributed by atoms with Crippen LogP contribution in [-0.4, -0.2) is 23.6 Å². The molecule has 1 aromatic carbocycles. The molecule has 0 aliphatic heterocycles. The maximum atomic E-state index is 11.8. The Hall–Kier alpha value is -1.23. The zero-order chi connectivity index (χ0) is 15.3. The average Bonchev–Trinajstić information content (AvgIpc) is 2.27. The number of hydrogen-bond acceptors (Lipinski definition) is 3. The molecule has 1 atom stereocenters. The number of hydrogen-bond donors (Lipinski definition) is 1. The number of methoxy groups -OCH3 is 1. The summed E-state index contributed by atoms with van der Waals surface area (Å²) in [4.78, 5) is 12.1. The number of anilines is 1. The van der Waals surface area contributed by atoms with Gasteiger partial charge in [-0.25, -0.2) is 4.79 Å². The van der Waals surface area contributed by atoms with Crippen LogP contribution in [0.3, 0.4) is 0 Å². The molecular weight excluding hydrogens is 322 g/mol. The molecule has 5 heteroatoms. The van der Waals surface area contributed by atoms with Crippen molar-refractivity contribution in [3.8, 4) is 5.75 Å². The Morgan fingerprint density at radius 3 is 2.55 bits per heavy atom. The third-order valence-electron chi connectivity index (χ3n) is 2.42. The van der Waals surface area contributed by atoms with Crippen molar-refractivity contribution in [1.82, 2.24) is 0 Å². The predicted octanol–water partition coefficient (Wildman–Crippen LogP) is 4.37. The van der Waals surface area contributed by atoms with Gasteiger partial charge in [0.15, 0.2) is 0 Å². The van der Waals surface area contributed by atoms with E-state index in [4.69, 9.17) is 9.47 Å². The molecule has 0 aliphatic carbocycles. The van der Waals surface area contributed by atoms with E-state index in [0.29, 0.717) is 16.3 Å². The third-order valence-corrected chi connectivity index (χ3v) is 2.74. The molecule has 0 aromatic heterocycles. The minimum absolute atomic E-state index is 0.386. The lowest BCUT2D eigenvalue weighted by atomic mass is 10.1. The van der Waals surface area contributed by atoms with Gasteiger partial charge in [0.2, 0.25) is 0 Å². The van der Waals surface area contributed by atoms with Gasteiger partial charge in [0.25, 0.3) is 0 Å². The molecule has 1 N–H and O–H groups in total. The number of carbonyl (C=O) groups excluding carboxylic acids is 1. The summed E-state index contributed by atoms with van der Waals surface area (Å²) in [6, 6.07) is 5.71. The highest BCUT2D eigenvalue weighted by Crippen LogP contribution is 2.27. The van der Waals surface area contributed by atoms with Gasteiger partial charge >= 0.3 is 6.09 Å². The van der Waals surface area contributed by atoms with Gasteiger partial charge in [-0.05, 0) is 44.9 Å². The van der Waals surface area contributed by atoms with Crippen molar-refractivity contribution in [1.29, 1.82) is 0 Å². The first kappa shape index (κ1) is 16.8. The standard InChI is InChI=1S/C15H22BrNO3/c1-10(16)8-11-6-7-12(13(9-11)19-5)17-14(18)20-15(2,3)4/h6-7,9-10H,8H2,1-5H3,(H,17,18). The number of carbonyl (C=O) groups is 1. The Morgan fingerprint density at radius 2 is 2.05 bits per heavy atom. The molecule has 0 saturated carbocycles. The van der Waals surface area contributed by atoms with E-state index in [9.17, 15) is 4.79 Å². The van der Waals surface area contributed by atoms with Crippen LogP contribution >= 0.6 is 15.9 Å². The van der Waals surface area contributed by atoms with E-state index in [1.54, 1.807) is 7.11 Å². The maximum absolute atomic E-state index is 11.8. The van der Waals surface area contributed by atoms with Gasteiger partial charge in [-0.15, -0.1) is 0 Å². The van der Waals surface area contributed by atoms with Crippen LogP contribution in [0, 0.1) is 0 Å². The fourth-order valence-corrected chi connectivity index (χ4v) is 2.08. The quantitative estimate of drug-likeness (QED) is 0.825. The van der Waals surface area contributed by atoms with Crippen LogP contribution < -0.4 is 10.1 Å². The first-order valence-electron chi connectivity index (χ1n) is 6.52. The maximum Gasteiger partial charge on any atom is 0.412 e. The van der Waals surface area contributed by atoms with Gasteiger partial charge in [0.05, 0.1) is 12.8 Å². The van der Waals surface area contributed by atoms with Crippen molar-refractivity contribution in [3.05, 3.63) is 23.8 Å². The van der Waals surface area contributed by atoms with Crippen molar-refractivity contribution >= 4 is 27.7 Å². The molecule has 0 heterocycles. The van der Waals surface area contributed by atoms with E-state index in [0.717, 1.165) is 12.0 Å². The SMILES string of the molecule is COc1cc(CC(C)Br)ccc1NC(=O)OC(C)(C)C. The zero-order valence-corrected chi connectivity index (χ0v) is 14.2. The van der Waals surface area contributed by atoms with Crippen LogP contribution in [0.1, 0.15) is 33.3 Å². The zero-order valence-electron chi connectivity index (χ0n) is 12.6. The van der Waals surface area contributed by atoms with Crippen molar-refractivity contribution < 1.29 is 14.3 Å². The molecule has 0 spiro atoms. The van der Waals surface area contributed by atoms with Crippen LogP contribution in [0.25, 0.3) is 0 Å². The lowest BCUT2D eigenvalue weighted by molar-refractivity contribution is 0.0635. The summed E-state index contributed by atoms with van der Waals surface area (Å²) in [5.41, 5.74) is 1.22. The minimum atomic E-state index is -0.525. The molecule has 1 amide bonds. The van der Waals surface area contributed by atoms with Crippen molar-refractivity contribution in [3.63, 3.8) is 0 Å². The lowest BCUT2D eigenvalue weighted by Crippen LogP contribution is -2.27. The van der Waals surface area contributed by atoms with Gasteiger partial charge in [0.1, 0.15) is 11.4 Å². The summed E-state index contributed by atoms with van der Waals surface area (Å²) < 4.78 is 10.5. The van der Waals surface area contributed by atoms with Crippen LogP contribution in [-0.2, 0) is 11.2 Å². The molecule has 0 saturated heterocycles. The Morgan fingerprint density at radius 1 is 1.40 bits per heavy atom. The first-order valence-corrected chi connectivity index (χ1v) is 7.44. The van der Waals surface area contributed by atoms with Gasteiger partial charge < -0.3 is 9.47 Å². The van der Waals surface area contributed by atoms with Gasteiger partial charge in [-0.3, -0.25) is 5.32 Å². The Labute approximate surface area is 129 Å². The van der Waals surface area contributed by atoms with Gasteiger partial charge in [0, 0.05) is 4.83 Å². The van der Waals surface area contributed by atoms with E-state index in [1.807, 2.05) is 39.0 Å². The van der Waals surface area contributed by atoms with Crippen molar-refractivity contribution in [2.75, 3.05) is 12.4 Å². The monoisotopic (exact) mass is 343 g/mol. The molecule has 4 nitrogen and oxygen atoms in total. The number of alkyl halides is 1. The number of ether oxygens (including phenoxy) is 2. The number of rotatable bonds is 4. The van der Waals surface area contributed by atoms with Crippen molar-refractivity contribution in [2.45, 2.75) is 44.5 Å². The Kier molecular flexibility index (Phi) is 5.87. The summed E-state index contributed by atoms with van der Waals surface area (Å²) in [5, 5.41) is 2.70. The fraction of sp³-hybridized carbons (Fsp3) is 0.533. The number of amides is 1. The Balaban J connectivity index is 2.82. The average molecular weight is 344 g/mol. The molecule has 112 valence electrons. The number of halogens is 1. The van der Waals surface area contributed by atoms with Gasteiger partial charge in [-0.1, -0.05) is 28.9 Å². The highest BCUT2D eigenvalue weighted by molar-refractivity contribution is 9.09. The second kappa shape index (κ2) is 6.97. The summed E-state index contributed by atoms with van der Waals surface area (Å²) in [7, 11) is 1.58. The Bertz CT molecular complexity index is 467. The van der Waals surface area contributed by atoms with Crippen LogP contribution in [0.4, 0.5) is 10.5 Å². The van der Waals surface area contributed by atoms with Gasteiger partial charge in [-0.2, -0.15) is 0 Å². The molecule has 0 radical (unpaired) electrons. The molecule has 0 aliphatic rings. The summed E-state index contributed by atoms with van der Waals surface area (Å²) in [5.74, 6) is 0.626. The van der Waals surface area contributed by atoms with E-state index in [1.165, 1.54) is 0 Å². The molecule has 0 fully saturated rings. The minimum Gasteiger partial charge on any atom is -0.495 e. The summed E-state index contributed by atoms with van der Waals surface area (Å²) in [6.45, 7) is 7.55. The molecule has 1 rings (SSSR count). The predicted molar refractivity (Wildman–Crippen MR) is 84.9 cm³/mol. The van der Waals surface area contributed by atoms with Crippen LogP contribution in [0.15, 0.2) is 18.2 Å². The highest BCUT2D eigenvalue weighted by atomic mass is 79.9. The lowest BCUT2D eigenvalue weighted by Gasteiger charge is -2.20. The summed E-state index contributed by atoms with van der Waals surface area (Å²) >= 11 is 3.52. The van der Waals surface area contributed by atoms with Crippen LogP contribution in [0.2, 0.25) is 0 Å².